The second kappa shape index (κ2) is 12.2. The van der Waals surface area contributed by atoms with Crippen LogP contribution in [0.3, 0.4) is 0 Å². The lowest BCUT2D eigenvalue weighted by molar-refractivity contribution is -0.138. The van der Waals surface area contributed by atoms with Crippen molar-refractivity contribution in [3.05, 3.63) is 59.7 Å². The second-order valence-electron chi connectivity index (χ2n) is 9.19. The van der Waals surface area contributed by atoms with Crippen LogP contribution < -0.4 is 10.6 Å². The largest absolute Gasteiger partial charge is 0.481 e. The van der Waals surface area contributed by atoms with Crippen LogP contribution in [-0.2, 0) is 14.3 Å². The molecule has 0 saturated heterocycles. The number of aliphatic carboxylic acids is 1. The number of fused-ring (bicyclic) bond motifs is 3. The molecule has 3 N–H and O–H groups in total. The molecule has 0 fully saturated rings. The van der Waals surface area contributed by atoms with Gasteiger partial charge in [0, 0.05) is 31.8 Å². The Morgan fingerprint density at radius 1 is 0.912 bits per heavy atom. The standard InChI is InChI=1S/C27H34N2O5/c1-18(15-26(31)32)13-14-28-25(30)12-11-19(2)16-29-27(33)34-17-24-22-9-5-3-7-20(22)21-8-4-6-10-23(21)24/h3-10,18-19,24H,11-17H2,1-2H3,(H,28,30)(H,29,33)(H,31,32). The zero-order valence-corrected chi connectivity index (χ0v) is 19.9. The van der Waals surface area contributed by atoms with E-state index < -0.39 is 12.1 Å². The van der Waals surface area contributed by atoms with E-state index in [2.05, 4.69) is 34.9 Å². The molecule has 7 nitrogen and oxygen atoms in total. The first-order valence-electron chi connectivity index (χ1n) is 11.9. The van der Waals surface area contributed by atoms with E-state index in [1.807, 2.05) is 38.1 Å². The van der Waals surface area contributed by atoms with Crippen LogP contribution in [0.2, 0.25) is 0 Å². The highest BCUT2D eigenvalue weighted by molar-refractivity contribution is 5.79. The van der Waals surface area contributed by atoms with Crippen molar-refractivity contribution in [2.75, 3.05) is 19.7 Å². The van der Waals surface area contributed by atoms with E-state index in [0.717, 1.165) is 0 Å². The summed E-state index contributed by atoms with van der Waals surface area (Å²) in [7, 11) is 0. The number of rotatable bonds is 12. The first-order chi connectivity index (χ1) is 16.3. The van der Waals surface area contributed by atoms with Crippen LogP contribution in [0.15, 0.2) is 48.5 Å². The first-order valence-corrected chi connectivity index (χ1v) is 11.9. The smallest absolute Gasteiger partial charge is 0.407 e. The lowest BCUT2D eigenvalue weighted by atomic mass is 9.98. The lowest BCUT2D eigenvalue weighted by Gasteiger charge is -2.16. The van der Waals surface area contributed by atoms with Crippen LogP contribution in [0, 0.1) is 11.8 Å². The minimum absolute atomic E-state index is 0.0255. The van der Waals surface area contributed by atoms with Gasteiger partial charge in [-0.15, -0.1) is 0 Å². The Bertz CT molecular complexity index is 961. The number of hydrogen-bond donors (Lipinski definition) is 3. The third-order valence-corrected chi connectivity index (χ3v) is 6.29. The maximum atomic E-state index is 12.3. The Balaban J connectivity index is 1.35. The van der Waals surface area contributed by atoms with Crippen molar-refractivity contribution in [3.63, 3.8) is 0 Å². The number of carbonyl (C=O) groups is 3. The van der Waals surface area contributed by atoms with Crippen LogP contribution in [-0.4, -0.2) is 42.8 Å². The quantitative estimate of drug-likeness (QED) is 0.425. The van der Waals surface area contributed by atoms with Gasteiger partial charge in [-0.05, 0) is 46.9 Å². The van der Waals surface area contributed by atoms with Crippen molar-refractivity contribution in [3.8, 4) is 11.1 Å². The van der Waals surface area contributed by atoms with E-state index in [4.69, 9.17) is 9.84 Å². The molecule has 34 heavy (non-hydrogen) atoms. The summed E-state index contributed by atoms with van der Waals surface area (Å²) in [4.78, 5) is 35.0. The number of hydrogen-bond acceptors (Lipinski definition) is 4. The summed E-state index contributed by atoms with van der Waals surface area (Å²) in [6.45, 7) is 5.01. The Kier molecular flexibility index (Phi) is 9.08. The fourth-order valence-electron chi connectivity index (χ4n) is 4.33. The van der Waals surface area contributed by atoms with E-state index in [1.54, 1.807) is 0 Å². The van der Waals surface area contributed by atoms with Gasteiger partial charge in [0.2, 0.25) is 5.91 Å². The highest BCUT2D eigenvalue weighted by Gasteiger charge is 2.29. The number of nitrogens with one attached hydrogen (secondary N) is 2. The molecule has 0 saturated carbocycles. The van der Waals surface area contributed by atoms with Gasteiger partial charge in [-0.3, -0.25) is 9.59 Å². The molecule has 2 atom stereocenters. The molecule has 2 unspecified atom stereocenters. The van der Waals surface area contributed by atoms with Gasteiger partial charge in [-0.25, -0.2) is 4.79 Å². The average molecular weight is 467 g/mol. The van der Waals surface area contributed by atoms with Crippen molar-refractivity contribution in [1.29, 1.82) is 0 Å². The second-order valence-corrected chi connectivity index (χ2v) is 9.19. The summed E-state index contributed by atoms with van der Waals surface area (Å²) in [5, 5.41) is 14.4. The molecule has 182 valence electrons. The molecule has 1 aliphatic rings. The van der Waals surface area contributed by atoms with Gasteiger partial charge in [-0.2, -0.15) is 0 Å². The maximum absolute atomic E-state index is 12.3. The SMILES string of the molecule is CC(CCC(=O)NCCC(C)CC(=O)O)CNC(=O)OCC1c2ccccc2-c2ccccc21. The summed E-state index contributed by atoms with van der Waals surface area (Å²) in [5.41, 5.74) is 4.73. The summed E-state index contributed by atoms with van der Waals surface area (Å²) in [6.07, 6.45) is 1.29. The Hall–Kier alpha value is -3.35. The van der Waals surface area contributed by atoms with Crippen LogP contribution >= 0.6 is 0 Å². The number of benzene rings is 2. The fourth-order valence-corrected chi connectivity index (χ4v) is 4.33. The van der Waals surface area contributed by atoms with Crippen LogP contribution in [0.5, 0.6) is 0 Å². The van der Waals surface area contributed by atoms with Crippen LogP contribution in [0.25, 0.3) is 11.1 Å². The van der Waals surface area contributed by atoms with Crippen molar-refractivity contribution < 1.29 is 24.2 Å². The molecule has 0 spiro atoms. The Morgan fingerprint density at radius 3 is 2.15 bits per heavy atom. The van der Waals surface area contributed by atoms with Gasteiger partial charge in [0.25, 0.3) is 0 Å². The number of carboxylic acid groups (broad SMARTS) is 1. The molecule has 0 bridgehead atoms. The lowest BCUT2D eigenvalue weighted by Crippen LogP contribution is -2.31. The van der Waals surface area contributed by atoms with Gasteiger partial charge in [0.15, 0.2) is 0 Å². The minimum atomic E-state index is -0.823. The normalized spacial score (nSPS) is 13.9. The topological polar surface area (TPSA) is 105 Å². The van der Waals surface area contributed by atoms with Crippen LogP contribution in [0.1, 0.15) is 56.6 Å². The molecule has 0 aliphatic heterocycles. The molecular weight excluding hydrogens is 432 g/mol. The van der Waals surface area contributed by atoms with Crippen molar-refractivity contribution in [2.24, 2.45) is 11.8 Å². The summed E-state index contributed by atoms with van der Waals surface area (Å²) in [6, 6.07) is 16.4. The molecule has 1 aliphatic carbocycles. The minimum Gasteiger partial charge on any atom is -0.481 e. The van der Waals surface area contributed by atoms with Crippen molar-refractivity contribution in [1.82, 2.24) is 10.6 Å². The van der Waals surface area contributed by atoms with Crippen molar-refractivity contribution >= 4 is 18.0 Å². The third kappa shape index (κ3) is 7.07. The van der Waals surface area contributed by atoms with Gasteiger partial charge in [0.1, 0.15) is 6.61 Å². The van der Waals surface area contributed by atoms with Gasteiger partial charge in [-0.1, -0.05) is 62.4 Å². The number of carbonyl (C=O) groups excluding carboxylic acids is 2. The molecule has 3 rings (SSSR count). The van der Waals surface area contributed by atoms with Crippen molar-refractivity contribution in [2.45, 2.75) is 45.4 Å². The first kappa shape index (κ1) is 25.3. The molecule has 2 aromatic rings. The molecule has 2 amide bonds. The monoisotopic (exact) mass is 466 g/mol. The molecule has 2 aromatic carbocycles. The van der Waals surface area contributed by atoms with E-state index in [-0.39, 0.29) is 36.7 Å². The maximum Gasteiger partial charge on any atom is 0.407 e. The molecule has 0 heterocycles. The molecule has 0 aromatic heterocycles. The molecular formula is C27H34N2O5. The van der Waals surface area contributed by atoms with E-state index in [1.165, 1.54) is 22.3 Å². The van der Waals surface area contributed by atoms with E-state index in [9.17, 15) is 14.4 Å². The molecule has 7 heteroatoms. The molecule has 0 radical (unpaired) electrons. The van der Waals surface area contributed by atoms with Gasteiger partial charge >= 0.3 is 12.1 Å². The summed E-state index contributed by atoms with van der Waals surface area (Å²) >= 11 is 0. The zero-order valence-electron chi connectivity index (χ0n) is 19.9. The number of amides is 2. The third-order valence-electron chi connectivity index (χ3n) is 6.29. The number of alkyl carbamates (subject to hydrolysis) is 1. The highest BCUT2D eigenvalue weighted by atomic mass is 16.5. The highest BCUT2D eigenvalue weighted by Crippen LogP contribution is 2.44. The van der Waals surface area contributed by atoms with Gasteiger partial charge in [0.05, 0.1) is 0 Å². The number of carboxylic acids is 1. The summed E-state index contributed by atoms with van der Waals surface area (Å²) in [5.74, 6) is -0.708. The summed E-state index contributed by atoms with van der Waals surface area (Å²) < 4.78 is 5.55. The number of ether oxygens (including phenoxy) is 1. The van der Waals surface area contributed by atoms with Crippen LogP contribution in [0.4, 0.5) is 4.79 Å². The Labute approximate surface area is 200 Å². The predicted octanol–water partition coefficient (Wildman–Crippen LogP) is 4.56. The van der Waals surface area contributed by atoms with E-state index in [0.29, 0.717) is 32.4 Å². The predicted molar refractivity (Wildman–Crippen MR) is 131 cm³/mol. The van der Waals surface area contributed by atoms with E-state index >= 15 is 0 Å². The van der Waals surface area contributed by atoms with Gasteiger partial charge < -0.3 is 20.5 Å². The fraction of sp³-hybridized carbons (Fsp3) is 0.444. The average Bonchev–Trinajstić information content (AvgIpc) is 3.13. The zero-order chi connectivity index (χ0) is 24.5. The Morgan fingerprint density at radius 2 is 1.53 bits per heavy atom.